The summed E-state index contributed by atoms with van der Waals surface area (Å²) in [5, 5.41) is 38.4. The van der Waals surface area contributed by atoms with Gasteiger partial charge in [0.1, 0.15) is 31.7 Å². The zero-order valence-electron chi connectivity index (χ0n) is 48.0. The Labute approximate surface area is 477 Å². The third kappa shape index (κ3) is 19.9. The lowest BCUT2D eigenvalue weighted by Crippen LogP contribution is -2.51. The quantitative estimate of drug-likeness (QED) is 0.0161. The largest absolute Gasteiger partial charge is 0.744 e. The SMILES string of the molecule is CCN(CC[N+](CC)(CC)CC)c1ccc(N=Nc2ccc(Oc3ccc(N=Nc4ccc(N(CC)CC[N+](CC)(CC)CC)cc4)cc3)cc2)cc1.Cc1ccc([N+](=O)[O-])cc1S(=O)(=O)[O-].Cc1ccc([N+](=O)[O-])cc1S(=O)(=O)[O-]. The van der Waals surface area contributed by atoms with Crippen LogP contribution in [0.15, 0.2) is 164 Å². The molecule has 6 aromatic rings. The maximum absolute atomic E-state index is 10.7. The lowest BCUT2D eigenvalue weighted by molar-refractivity contribution is -0.921. The number of quaternary nitrogens is 2. The molecule has 6 rings (SSSR count). The van der Waals surface area contributed by atoms with Crippen molar-refractivity contribution in [3.63, 3.8) is 0 Å². The smallest absolute Gasteiger partial charge is 0.270 e. The summed E-state index contributed by atoms with van der Waals surface area (Å²) in [7, 11) is -9.29. The summed E-state index contributed by atoms with van der Waals surface area (Å²) in [4.78, 5) is 22.9. The van der Waals surface area contributed by atoms with E-state index >= 15 is 0 Å². The number of aryl methyl sites for hydroxylation is 2. The van der Waals surface area contributed by atoms with Gasteiger partial charge in [0, 0.05) is 48.7 Å². The molecular formula is C58H76N10O11S2. The number of hydrogen-bond donors (Lipinski definition) is 0. The molecule has 6 aromatic carbocycles. The lowest BCUT2D eigenvalue weighted by Gasteiger charge is -2.38. The Morgan fingerprint density at radius 1 is 0.444 bits per heavy atom. The summed E-state index contributed by atoms with van der Waals surface area (Å²) < 4.78 is 72.3. The van der Waals surface area contributed by atoms with Gasteiger partial charge in [-0.1, -0.05) is 12.1 Å². The van der Waals surface area contributed by atoms with Crippen molar-refractivity contribution >= 4 is 65.7 Å². The average Bonchev–Trinajstić information content (AvgIpc) is 3.46. The van der Waals surface area contributed by atoms with E-state index in [9.17, 15) is 46.2 Å². The molecule has 0 saturated heterocycles. The van der Waals surface area contributed by atoms with E-state index in [-0.39, 0.29) is 11.1 Å². The van der Waals surface area contributed by atoms with Crippen LogP contribution in [0.2, 0.25) is 0 Å². The summed E-state index contributed by atoms with van der Waals surface area (Å²) in [6.45, 7) is 34.4. The zero-order valence-corrected chi connectivity index (χ0v) is 49.6. The Morgan fingerprint density at radius 3 is 0.951 bits per heavy atom. The molecule has 0 radical (unpaired) electrons. The molecule has 0 bridgehead atoms. The molecule has 23 heteroatoms. The Morgan fingerprint density at radius 2 is 0.716 bits per heavy atom. The third-order valence-electron chi connectivity index (χ3n) is 14.7. The molecule has 0 fully saturated rings. The van der Waals surface area contributed by atoms with Gasteiger partial charge < -0.3 is 32.6 Å². The fraction of sp³-hybridized carbons (Fsp3) is 0.379. The van der Waals surface area contributed by atoms with Crippen molar-refractivity contribution in [3.05, 3.63) is 165 Å². The Bertz CT molecular complexity index is 3030. The lowest BCUT2D eigenvalue weighted by atomic mass is 10.2. The second kappa shape index (κ2) is 30.9. The number of likely N-dealkylation sites (N-methyl/N-ethyl adjacent to an activating group) is 4. The van der Waals surface area contributed by atoms with Gasteiger partial charge in [0.05, 0.1) is 108 Å². The maximum Gasteiger partial charge on any atom is 0.270 e. The second-order valence-corrected chi connectivity index (χ2v) is 21.7. The topological polar surface area (TPSA) is 266 Å². The van der Waals surface area contributed by atoms with Gasteiger partial charge in [-0.3, -0.25) is 20.2 Å². The van der Waals surface area contributed by atoms with Crippen LogP contribution >= 0.6 is 0 Å². The minimum atomic E-state index is -4.64. The number of anilines is 2. The number of benzene rings is 6. The highest BCUT2D eigenvalue weighted by atomic mass is 32.2. The summed E-state index contributed by atoms with van der Waals surface area (Å²) in [6, 6.07) is 38.3. The molecule has 0 amide bonds. The molecule has 0 spiro atoms. The number of nitro groups is 2. The number of rotatable bonds is 26. The van der Waals surface area contributed by atoms with Gasteiger partial charge >= 0.3 is 0 Å². The molecule has 81 heavy (non-hydrogen) atoms. The van der Waals surface area contributed by atoms with Crippen molar-refractivity contribution in [2.45, 2.75) is 79.0 Å². The number of azo groups is 2. The normalized spacial score (nSPS) is 11.9. The van der Waals surface area contributed by atoms with Crippen LogP contribution in [0.25, 0.3) is 0 Å². The van der Waals surface area contributed by atoms with Gasteiger partial charge in [-0.2, -0.15) is 20.5 Å². The van der Waals surface area contributed by atoms with Crippen LogP contribution in [0.5, 0.6) is 11.5 Å². The molecular weight excluding hydrogens is 1080 g/mol. The molecule has 21 nitrogen and oxygen atoms in total. The van der Waals surface area contributed by atoms with Crippen LogP contribution < -0.4 is 14.5 Å². The predicted octanol–water partition coefficient (Wildman–Crippen LogP) is 13.3. The molecule has 0 aliphatic heterocycles. The van der Waals surface area contributed by atoms with Gasteiger partial charge in [0.2, 0.25) is 0 Å². The van der Waals surface area contributed by atoms with E-state index in [1.165, 1.54) is 76.6 Å². The monoisotopic (exact) mass is 1150 g/mol. The molecule has 0 aliphatic rings. The number of nitrogens with zero attached hydrogens (tertiary/aromatic N) is 10. The highest BCUT2D eigenvalue weighted by molar-refractivity contribution is 7.86. The van der Waals surface area contributed by atoms with Gasteiger partial charge in [-0.25, -0.2) is 16.8 Å². The van der Waals surface area contributed by atoms with Crippen molar-refractivity contribution < 1.29 is 49.5 Å². The summed E-state index contributed by atoms with van der Waals surface area (Å²) in [5.41, 5.74) is 5.21. The molecule has 0 aliphatic carbocycles. The highest BCUT2D eigenvalue weighted by Gasteiger charge is 2.23. The van der Waals surface area contributed by atoms with Crippen LogP contribution in [0.1, 0.15) is 66.5 Å². The summed E-state index contributed by atoms with van der Waals surface area (Å²) >= 11 is 0. The second-order valence-electron chi connectivity index (χ2n) is 19.0. The van der Waals surface area contributed by atoms with Crippen LogP contribution in [0.3, 0.4) is 0 Å². The number of ether oxygens (including phenoxy) is 1. The molecule has 0 aromatic heterocycles. The summed E-state index contributed by atoms with van der Waals surface area (Å²) in [6.07, 6.45) is 0. The minimum Gasteiger partial charge on any atom is -0.744 e. The van der Waals surface area contributed by atoms with Crippen LogP contribution in [0.4, 0.5) is 45.5 Å². The van der Waals surface area contributed by atoms with E-state index in [4.69, 9.17) is 4.74 Å². The van der Waals surface area contributed by atoms with Gasteiger partial charge in [0.25, 0.3) is 11.4 Å². The Balaban J connectivity index is 0.000000406. The van der Waals surface area contributed by atoms with Gasteiger partial charge in [-0.15, -0.1) is 0 Å². The first-order chi connectivity index (χ1) is 38.4. The van der Waals surface area contributed by atoms with E-state index < -0.39 is 51.2 Å². The van der Waals surface area contributed by atoms with E-state index in [1.54, 1.807) is 0 Å². The average molecular weight is 1150 g/mol. The molecule has 0 saturated carbocycles. The first kappa shape index (κ1) is 66.0. The maximum atomic E-state index is 10.7. The van der Waals surface area contributed by atoms with Crippen LogP contribution in [-0.4, -0.2) is 123 Å². The van der Waals surface area contributed by atoms with Gasteiger partial charge in [-0.05, 0) is 177 Å². The van der Waals surface area contributed by atoms with Crippen LogP contribution in [-0.2, 0) is 20.2 Å². The minimum absolute atomic E-state index is 0.200. The highest BCUT2D eigenvalue weighted by Crippen LogP contribution is 2.30. The Hall–Kier alpha value is -7.54. The Kier molecular flexibility index (Phi) is 25.2. The number of nitro benzene ring substituents is 2. The van der Waals surface area contributed by atoms with Gasteiger partial charge in [0.15, 0.2) is 0 Å². The predicted molar refractivity (Wildman–Crippen MR) is 315 cm³/mol. The van der Waals surface area contributed by atoms with Crippen molar-refractivity contribution in [1.29, 1.82) is 0 Å². The molecule has 0 N–H and O–H groups in total. The van der Waals surface area contributed by atoms with Crippen molar-refractivity contribution in [3.8, 4) is 11.5 Å². The first-order valence-corrected chi connectivity index (χ1v) is 29.8. The van der Waals surface area contributed by atoms with Crippen molar-refractivity contribution in [2.75, 3.05) is 88.3 Å². The number of non-ortho nitro benzene ring substituents is 2. The van der Waals surface area contributed by atoms with E-state index in [0.717, 1.165) is 107 Å². The first-order valence-electron chi connectivity index (χ1n) is 26.9. The number of hydrogen-bond acceptors (Lipinski definition) is 17. The molecule has 0 heterocycles. The van der Waals surface area contributed by atoms with Crippen molar-refractivity contribution in [2.24, 2.45) is 20.5 Å². The van der Waals surface area contributed by atoms with E-state index in [0.29, 0.717) is 0 Å². The van der Waals surface area contributed by atoms with Crippen LogP contribution in [0, 0.1) is 34.1 Å². The molecule has 0 unspecified atom stereocenters. The standard InChI is InChI=1S/C44H64N8O.2C7H7NO5S/c1-9-49(33-35-51(11-3,12-4)13-5)41-25-17-37(18-26-41)45-47-39-21-29-43(30-22-39)53-44-31-23-40(24-32-44)48-46-38-19-27-42(28-20-38)50(10-2)34-36-52(14-6,15-7)16-8;2*1-5-2-3-6(8(9)10)4-7(5)14(11,12)13/h17-32H,9-16,33-36H2,1-8H3;2*2-4H,1H3,(H,11,12,13)/q+2;;/p-2. The fourth-order valence-electron chi connectivity index (χ4n) is 8.83. The fourth-order valence-corrected chi connectivity index (χ4v) is 10.3. The zero-order chi connectivity index (χ0) is 60.0. The van der Waals surface area contributed by atoms with E-state index in [2.05, 4.69) is 110 Å². The third-order valence-corrected chi connectivity index (χ3v) is 16.6. The van der Waals surface area contributed by atoms with Crippen molar-refractivity contribution in [1.82, 2.24) is 0 Å². The summed E-state index contributed by atoms with van der Waals surface area (Å²) in [5.74, 6) is 1.45. The van der Waals surface area contributed by atoms with E-state index in [1.807, 2.05) is 72.8 Å². The molecule has 0 atom stereocenters. The molecule has 436 valence electrons.